The molecular weight excluding hydrogens is 404 g/mol. The van der Waals surface area contributed by atoms with Crippen molar-refractivity contribution in [3.05, 3.63) is 64.9 Å². The van der Waals surface area contributed by atoms with Crippen LogP contribution in [0.2, 0.25) is 5.02 Å². The molecule has 2 aromatic heterocycles. The molecule has 0 unspecified atom stereocenters. The van der Waals surface area contributed by atoms with Crippen molar-refractivity contribution in [2.24, 2.45) is 5.14 Å². The Labute approximate surface area is 166 Å². The maximum absolute atomic E-state index is 11.1. The Hall–Kier alpha value is -2.95. The lowest BCUT2D eigenvalue weighted by Crippen LogP contribution is -2.14. The number of hydrogen-bond acceptors (Lipinski definition) is 8. The van der Waals surface area contributed by atoms with E-state index in [1.54, 1.807) is 36.4 Å². The number of pyridine rings is 1. The van der Waals surface area contributed by atoms with E-state index in [4.69, 9.17) is 27.2 Å². The second-order valence-corrected chi connectivity index (χ2v) is 7.92. The number of sulfonamides is 1. The molecule has 11 heteroatoms. The summed E-state index contributed by atoms with van der Waals surface area (Å²) in [5, 5.41) is 8.53. The topological polar surface area (TPSA) is 146 Å². The van der Waals surface area contributed by atoms with Crippen molar-refractivity contribution >= 4 is 33.4 Å². The number of benzene rings is 1. The minimum Gasteiger partial charge on any atom is -0.439 e. The van der Waals surface area contributed by atoms with Gasteiger partial charge in [-0.1, -0.05) is 23.7 Å². The molecule has 9 nitrogen and oxygen atoms in total. The quantitative estimate of drug-likeness (QED) is 0.527. The largest absolute Gasteiger partial charge is 0.439 e. The monoisotopic (exact) mass is 420 g/mol. The molecule has 3 rings (SSSR count). The van der Waals surface area contributed by atoms with Gasteiger partial charge >= 0.3 is 0 Å². The van der Waals surface area contributed by atoms with Gasteiger partial charge in [-0.25, -0.2) is 23.5 Å². The summed E-state index contributed by atoms with van der Waals surface area (Å²) in [5.41, 5.74) is 7.22. The van der Waals surface area contributed by atoms with Gasteiger partial charge in [0.05, 0.1) is 23.2 Å². The molecule has 0 bridgehead atoms. The highest BCUT2D eigenvalue weighted by Gasteiger charge is 2.07. The van der Waals surface area contributed by atoms with Gasteiger partial charge in [0.15, 0.2) is 0 Å². The predicted octanol–water partition coefficient (Wildman–Crippen LogP) is 2.30. The van der Waals surface area contributed by atoms with Gasteiger partial charge in [0.25, 0.3) is 0 Å². The Morgan fingerprint density at radius 2 is 1.75 bits per heavy atom. The normalized spacial score (nSPS) is 11.2. The van der Waals surface area contributed by atoms with Gasteiger partial charge in [0.1, 0.15) is 11.6 Å². The molecule has 0 aliphatic heterocycles. The number of hydrogen-bond donors (Lipinski definition) is 3. The smallest absolute Gasteiger partial charge is 0.222 e. The molecule has 0 atom stereocenters. The van der Waals surface area contributed by atoms with E-state index in [1.165, 1.54) is 12.4 Å². The average molecular weight is 421 g/mol. The van der Waals surface area contributed by atoms with Crippen LogP contribution in [-0.4, -0.2) is 23.4 Å². The Bertz CT molecular complexity index is 1060. The summed E-state index contributed by atoms with van der Waals surface area (Å²) in [6.45, 7) is 0.401. The van der Waals surface area contributed by atoms with Crippen LogP contribution < -0.4 is 20.9 Å². The van der Waals surface area contributed by atoms with Gasteiger partial charge in [0.2, 0.25) is 21.9 Å². The highest BCUT2D eigenvalue weighted by atomic mass is 35.5. The number of rotatable bonds is 7. The number of ether oxygens (including phenoxy) is 1. The molecule has 0 amide bonds. The summed E-state index contributed by atoms with van der Waals surface area (Å²) < 4.78 is 28.0. The number of nitrogens with two attached hydrogens (primary N) is 2. The molecule has 1 aromatic carbocycles. The lowest BCUT2D eigenvalue weighted by atomic mass is 10.2. The molecule has 5 N–H and O–H groups in total. The Kier molecular flexibility index (Phi) is 5.93. The lowest BCUT2D eigenvalue weighted by Gasteiger charge is -2.10. The molecule has 0 radical (unpaired) electrons. The standard InChI is InChI=1S/C17H17ClN6O3S/c18-13-8-22-17(23-9-13)21-7-12-5-15(19)24-16(6-12)27-14-3-1-11(2-4-14)10-28(20,25)26/h1-6,8-9H,7,10H2,(H2,19,24)(H2,20,25,26)(H,21,22,23). The highest BCUT2D eigenvalue weighted by Crippen LogP contribution is 2.23. The van der Waals surface area contributed by atoms with Crippen LogP contribution >= 0.6 is 11.6 Å². The SMILES string of the molecule is Nc1cc(CNc2ncc(Cl)cn2)cc(Oc2ccc(CS(N)(=O)=O)cc2)n1. The summed E-state index contributed by atoms with van der Waals surface area (Å²) in [4.78, 5) is 12.3. The number of nitrogens with zero attached hydrogens (tertiary/aromatic N) is 3. The first kappa shape index (κ1) is 19.8. The van der Waals surface area contributed by atoms with Gasteiger partial charge < -0.3 is 15.8 Å². The summed E-state index contributed by atoms with van der Waals surface area (Å²) in [6, 6.07) is 9.91. The molecule has 146 valence electrons. The third kappa shape index (κ3) is 6.05. The van der Waals surface area contributed by atoms with Gasteiger partial charge in [-0.2, -0.15) is 4.98 Å². The molecule has 0 spiro atoms. The van der Waals surface area contributed by atoms with Gasteiger partial charge in [-0.05, 0) is 29.3 Å². The van der Waals surface area contributed by atoms with E-state index in [0.717, 1.165) is 5.56 Å². The molecule has 0 fully saturated rings. The molecule has 0 saturated heterocycles. The number of halogens is 1. The zero-order valence-electron chi connectivity index (χ0n) is 14.5. The number of nitrogens with one attached hydrogen (secondary N) is 1. The minimum atomic E-state index is -3.59. The lowest BCUT2D eigenvalue weighted by molar-refractivity contribution is 0.463. The summed E-state index contributed by atoms with van der Waals surface area (Å²) in [6.07, 6.45) is 2.98. The van der Waals surface area contributed by atoms with E-state index in [-0.39, 0.29) is 11.6 Å². The van der Waals surface area contributed by atoms with Crippen LogP contribution in [0.5, 0.6) is 11.6 Å². The van der Waals surface area contributed by atoms with Crippen molar-refractivity contribution < 1.29 is 13.2 Å². The van der Waals surface area contributed by atoms with Gasteiger partial charge in [-0.15, -0.1) is 0 Å². The molecule has 3 aromatic rings. The third-order valence-corrected chi connectivity index (χ3v) is 4.40. The summed E-state index contributed by atoms with van der Waals surface area (Å²) in [7, 11) is -3.59. The van der Waals surface area contributed by atoms with Crippen LogP contribution in [0.3, 0.4) is 0 Å². The zero-order chi connectivity index (χ0) is 20.1. The first-order valence-corrected chi connectivity index (χ1v) is 10.1. The molecule has 2 heterocycles. The fourth-order valence-electron chi connectivity index (χ4n) is 2.33. The second-order valence-electron chi connectivity index (χ2n) is 5.87. The fraction of sp³-hybridized carbons (Fsp3) is 0.118. The summed E-state index contributed by atoms with van der Waals surface area (Å²) in [5.74, 6) is 1.25. The second kappa shape index (κ2) is 8.38. The van der Waals surface area contributed by atoms with E-state index < -0.39 is 10.0 Å². The third-order valence-electron chi connectivity index (χ3n) is 3.47. The van der Waals surface area contributed by atoms with E-state index in [2.05, 4.69) is 20.3 Å². The number of aromatic nitrogens is 3. The Morgan fingerprint density at radius 1 is 1.07 bits per heavy atom. The van der Waals surface area contributed by atoms with E-state index >= 15 is 0 Å². The average Bonchev–Trinajstić information content (AvgIpc) is 2.61. The fourth-order valence-corrected chi connectivity index (χ4v) is 3.08. The van der Waals surface area contributed by atoms with E-state index in [0.29, 0.717) is 34.7 Å². The van der Waals surface area contributed by atoms with Crippen molar-refractivity contribution in [3.8, 4) is 11.6 Å². The van der Waals surface area contributed by atoms with Gasteiger partial charge in [-0.3, -0.25) is 0 Å². The van der Waals surface area contributed by atoms with Crippen molar-refractivity contribution in [3.63, 3.8) is 0 Å². The van der Waals surface area contributed by atoms with Crippen LogP contribution in [0, 0.1) is 0 Å². The van der Waals surface area contributed by atoms with Crippen LogP contribution in [-0.2, 0) is 22.3 Å². The van der Waals surface area contributed by atoms with Crippen LogP contribution in [0.4, 0.5) is 11.8 Å². The van der Waals surface area contributed by atoms with Crippen LogP contribution in [0.15, 0.2) is 48.8 Å². The highest BCUT2D eigenvalue weighted by molar-refractivity contribution is 7.88. The predicted molar refractivity (Wildman–Crippen MR) is 106 cm³/mol. The first-order valence-electron chi connectivity index (χ1n) is 8.02. The number of anilines is 2. The zero-order valence-corrected chi connectivity index (χ0v) is 16.1. The first-order chi connectivity index (χ1) is 13.3. The maximum atomic E-state index is 11.1. The molecular formula is C17H17ClN6O3S. The van der Waals surface area contributed by atoms with Crippen molar-refractivity contribution in [1.82, 2.24) is 15.0 Å². The van der Waals surface area contributed by atoms with E-state index in [1.807, 2.05) is 0 Å². The van der Waals surface area contributed by atoms with Crippen molar-refractivity contribution in [2.75, 3.05) is 11.1 Å². The van der Waals surface area contributed by atoms with E-state index in [9.17, 15) is 8.42 Å². The Morgan fingerprint density at radius 3 is 2.39 bits per heavy atom. The molecule has 28 heavy (non-hydrogen) atoms. The van der Waals surface area contributed by atoms with Gasteiger partial charge in [0, 0.05) is 12.6 Å². The molecule has 0 saturated carbocycles. The Balaban J connectivity index is 1.68. The maximum Gasteiger partial charge on any atom is 0.222 e. The number of primary sulfonamides is 1. The molecule has 0 aliphatic rings. The van der Waals surface area contributed by atoms with Crippen molar-refractivity contribution in [2.45, 2.75) is 12.3 Å². The van der Waals surface area contributed by atoms with Crippen LogP contribution in [0.1, 0.15) is 11.1 Å². The van der Waals surface area contributed by atoms with Crippen molar-refractivity contribution in [1.29, 1.82) is 0 Å². The van der Waals surface area contributed by atoms with Crippen LogP contribution in [0.25, 0.3) is 0 Å². The number of nitrogen functional groups attached to an aromatic ring is 1. The molecule has 0 aliphatic carbocycles. The summed E-state index contributed by atoms with van der Waals surface area (Å²) >= 11 is 5.76. The minimum absolute atomic E-state index is 0.244.